The van der Waals surface area contributed by atoms with Gasteiger partial charge in [-0.2, -0.15) is 0 Å². The number of nitrogens with zero attached hydrogens (tertiary/aromatic N) is 1. The minimum atomic E-state index is -0.420. The first kappa shape index (κ1) is 13.5. The minimum absolute atomic E-state index is 0.163. The molecular weight excluding hydrogens is 272 g/mol. The Balaban J connectivity index is 1.89. The molecule has 1 heterocycles. The molecular formula is C16H15F2N3. The van der Waals surface area contributed by atoms with E-state index < -0.39 is 5.82 Å². The summed E-state index contributed by atoms with van der Waals surface area (Å²) in [6.45, 7) is 1.24. The van der Waals surface area contributed by atoms with Crippen molar-refractivity contribution >= 4 is 11.5 Å². The summed E-state index contributed by atoms with van der Waals surface area (Å²) < 4.78 is 27.0. The number of hydrogen-bond acceptors (Lipinski definition) is 2. The molecule has 0 spiro atoms. The van der Waals surface area contributed by atoms with Crippen molar-refractivity contribution in [1.29, 1.82) is 5.41 Å². The van der Waals surface area contributed by atoms with E-state index in [2.05, 4.69) is 0 Å². The lowest BCUT2D eigenvalue weighted by Crippen LogP contribution is -2.20. The second-order valence-corrected chi connectivity index (χ2v) is 5.21. The number of nitrogen functional groups attached to an aromatic ring is 1. The SMILES string of the molecule is N=C(N)c1cc(F)cc(CN2CCc3ccc(F)cc32)c1. The van der Waals surface area contributed by atoms with Gasteiger partial charge in [-0.25, -0.2) is 8.78 Å². The van der Waals surface area contributed by atoms with Crippen molar-refractivity contribution in [3.05, 3.63) is 64.7 Å². The molecule has 0 fully saturated rings. The molecule has 0 atom stereocenters. The summed E-state index contributed by atoms with van der Waals surface area (Å²) in [5.74, 6) is -0.857. The van der Waals surface area contributed by atoms with Crippen LogP contribution in [0.25, 0.3) is 0 Å². The molecule has 1 aliphatic heterocycles. The number of nitrogens with two attached hydrogens (primary N) is 1. The number of anilines is 1. The van der Waals surface area contributed by atoms with Crippen LogP contribution in [0.15, 0.2) is 36.4 Å². The summed E-state index contributed by atoms with van der Waals surface area (Å²) in [4.78, 5) is 2.01. The van der Waals surface area contributed by atoms with Gasteiger partial charge in [-0.3, -0.25) is 5.41 Å². The molecule has 3 nitrogen and oxygen atoms in total. The van der Waals surface area contributed by atoms with Gasteiger partial charge in [0.2, 0.25) is 0 Å². The van der Waals surface area contributed by atoms with E-state index in [1.165, 1.54) is 24.3 Å². The monoisotopic (exact) mass is 287 g/mol. The fourth-order valence-corrected chi connectivity index (χ4v) is 2.70. The predicted octanol–water partition coefficient (Wildman–Crippen LogP) is 2.81. The van der Waals surface area contributed by atoms with Gasteiger partial charge in [-0.15, -0.1) is 0 Å². The van der Waals surface area contributed by atoms with Gasteiger partial charge >= 0.3 is 0 Å². The molecule has 108 valence electrons. The fraction of sp³-hybridized carbons (Fsp3) is 0.188. The first-order chi connectivity index (χ1) is 10.0. The zero-order chi connectivity index (χ0) is 15.0. The summed E-state index contributed by atoms with van der Waals surface area (Å²) in [6.07, 6.45) is 0.852. The molecule has 0 unspecified atom stereocenters. The van der Waals surface area contributed by atoms with E-state index >= 15 is 0 Å². The normalized spacial score (nSPS) is 13.3. The lowest BCUT2D eigenvalue weighted by atomic mass is 10.1. The van der Waals surface area contributed by atoms with Gasteiger partial charge in [0, 0.05) is 24.3 Å². The van der Waals surface area contributed by atoms with E-state index in [-0.39, 0.29) is 11.7 Å². The molecule has 0 radical (unpaired) electrons. The van der Waals surface area contributed by atoms with E-state index in [1.807, 2.05) is 4.90 Å². The molecule has 3 N–H and O–H groups in total. The van der Waals surface area contributed by atoms with Crippen LogP contribution in [0.2, 0.25) is 0 Å². The number of benzene rings is 2. The van der Waals surface area contributed by atoms with Crippen LogP contribution in [-0.2, 0) is 13.0 Å². The Morgan fingerprint density at radius 1 is 1.14 bits per heavy atom. The first-order valence-electron chi connectivity index (χ1n) is 6.70. The Morgan fingerprint density at radius 3 is 2.71 bits per heavy atom. The zero-order valence-corrected chi connectivity index (χ0v) is 11.4. The van der Waals surface area contributed by atoms with E-state index in [9.17, 15) is 8.78 Å². The summed E-state index contributed by atoms with van der Waals surface area (Å²) in [5.41, 5.74) is 8.44. The lowest BCUT2D eigenvalue weighted by molar-refractivity contribution is 0.623. The van der Waals surface area contributed by atoms with Gasteiger partial charge in [-0.05, 0) is 47.9 Å². The molecule has 3 rings (SSSR count). The van der Waals surface area contributed by atoms with Crippen molar-refractivity contribution in [2.75, 3.05) is 11.4 Å². The van der Waals surface area contributed by atoms with Crippen molar-refractivity contribution in [3.63, 3.8) is 0 Å². The van der Waals surface area contributed by atoms with Gasteiger partial charge in [0.1, 0.15) is 17.5 Å². The van der Waals surface area contributed by atoms with Gasteiger partial charge in [-0.1, -0.05) is 6.07 Å². The standard InChI is InChI=1S/C16H15F2N3/c17-13-2-1-11-3-4-21(15(11)8-13)9-10-5-12(16(19)20)7-14(18)6-10/h1-2,5-8H,3-4,9H2,(H3,19,20). The minimum Gasteiger partial charge on any atom is -0.384 e. The van der Waals surface area contributed by atoms with Crippen molar-refractivity contribution in [2.24, 2.45) is 5.73 Å². The maximum absolute atomic E-state index is 13.6. The molecule has 0 bridgehead atoms. The van der Waals surface area contributed by atoms with E-state index in [0.717, 1.165) is 29.8 Å². The molecule has 0 amide bonds. The summed E-state index contributed by atoms with van der Waals surface area (Å²) in [6, 6.07) is 9.11. The smallest absolute Gasteiger partial charge is 0.125 e. The maximum atomic E-state index is 13.6. The van der Waals surface area contributed by atoms with Crippen LogP contribution in [0.1, 0.15) is 16.7 Å². The molecule has 0 saturated heterocycles. The van der Waals surface area contributed by atoms with Crippen LogP contribution in [0.3, 0.4) is 0 Å². The quantitative estimate of drug-likeness (QED) is 0.673. The molecule has 1 aliphatic rings. The summed E-state index contributed by atoms with van der Waals surface area (Å²) in [7, 11) is 0. The number of nitrogens with one attached hydrogen (secondary N) is 1. The number of hydrogen-bond donors (Lipinski definition) is 2. The van der Waals surface area contributed by atoms with Crippen molar-refractivity contribution in [2.45, 2.75) is 13.0 Å². The zero-order valence-electron chi connectivity index (χ0n) is 11.4. The van der Waals surface area contributed by atoms with E-state index in [1.54, 1.807) is 12.1 Å². The molecule has 5 heteroatoms. The molecule has 0 saturated carbocycles. The summed E-state index contributed by atoms with van der Waals surface area (Å²) >= 11 is 0. The molecule has 2 aromatic rings. The largest absolute Gasteiger partial charge is 0.384 e. The van der Waals surface area contributed by atoms with Crippen molar-refractivity contribution in [3.8, 4) is 0 Å². The number of halogens is 2. The third-order valence-corrected chi connectivity index (χ3v) is 3.68. The fourth-order valence-electron chi connectivity index (χ4n) is 2.70. The van der Waals surface area contributed by atoms with Crippen LogP contribution < -0.4 is 10.6 Å². The topological polar surface area (TPSA) is 53.1 Å². The van der Waals surface area contributed by atoms with Crippen LogP contribution in [0, 0.1) is 17.0 Å². The second-order valence-electron chi connectivity index (χ2n) is 5.21. The van der Waals surface area contributed by atoms with Gasteiger partial charge < -0.3 is 10.6 Å². The van der Waals surface area contributed by atoms with Gasteiger partial charge in [0.25, 0.3) is 0 Å². The lowest BCUT2D eigenvalue weighted by Gasteiger charge is -2.20. The van der Waals surface area contributed by atoms with Gasteiger partial charge in [0.15, 0.2) is 0 Å². The summed E-state index contributed by atoms with van der Waals surface area (Å²) in [5, 5.41) is 7.41. The highest BCUT2D eigenvalue weighted by Crippen LogP contribution is 2.30. The molecule has 21 heavy (non-hydrogen) atoms. The Bertz CT molecular complexity index is 713. The van der Waals surface area contributed by atoms with Crippen LogP contribution in [0.5, 0.6) is 0 Å². The Hall–Kier alpha value is -2.43. The van der Waals surface area contributed by atoms with Crippen molar-refractivity contribution in [1.82, 2.24) is 0 Å². The Morgan fingerprint density at radius 2 is 1.95 bits per heavy atom. The van der Waals surface area contributed by atoms with Crippen molar-refractivity contribution < 1.29 is 8.78 Å². The highest BCUT2D eigenvalue weighted by Gasteiger charge is 2.20. The van der Waals surface area contributed by atoms with E-state index in [0.29, 0.717) is 12.1 Å². The maximum Gasteiger partial charge on any atom is 0.125 e. The third kappa shape index (κ3) is 2.72. The van der Waals surface area contributed by atoms with Crippen LogP contribution in [-0.4, -0.2) is 12.4 Å². The average Bonchev–Trinajstić information content (AvgIpc) is 2.80. The third-order valence-electron chi connectivity index (χ3n) is 3.68. The average molecular weight is 287 g/mol. The first-order valence-corrected chi connectivity index (χ1v) is 6.70. The number of rotatable bonds is 3. The number of fused-ring (bicyclic) bond motifs is 1. The predicted molar refractivity (Wildman–Crippen MR) is 78.6 cm³/mol. The van der Waals surface area contributed by atoms with Crippen LogP contribution in [0.4, 0.5) is 14.5 Å². The van der Waals surface area contributed by atoms with E-state index in [4.69, 9.17) is 11.1 Å². The second kappa shape index (κ2) is 5.16. The molecule has 0 aliphatic carbocycles. The van der Waals surface area contributed by atoms with Crippen LogP contribution >= 0.6 is 0 Å². The highest BCUT2D eigenvalue weighted by atomic mass is 19.1. The number of amidine groups is 1. The highest BCUT2D eigenvalue weighted by molar-refractivity contribution is 5.95. The van der Waals surface area contributed by atoms with Gasteiger partial charge in [0.05, 0.1) is 0 Å². The molecule has 0 aromatic heterocycles. The molecule has 2 aromatic carbocycles. The Labute approximate surface area is 121 Å². The Kier molecular flexibility index (Phi) is 3.33.